The van der Waals surface area contributed by atoms with Crippen molar-refractivity contribution in [1.29, 1.82) is 0 Å². The molecule has 3 rings (SSSR count). The molecule has 1 heterocycles. The van der Waals surface area contributed by atoms with Gasteiger partial charge in [-0.15, -0.1) is 11.3 Å². The van der Waals surface area contributed by atoms with Crippen molar-refractivity contribution in [1.82, 2.24) is 4.98 Å². The van der Waals surface area contributed by atoms with Crippen LogP contribution in [0.15, 0.2) is 53.9 Å². The predicted molar refractivity (Wildman–Crippen MR) is 107 cm³/mol. The summed E-state index contributed by atoms with van der Waals surface area (Å²) in [6.07, 6.45) is 1.00. The molecule has 0 bridgehead atoms. The van der Waals surface area contributed by atoms with E-state index in [0.29, 0.717) is 30.2 Å². The lowest BCUT2D eigenvalue weighted by atomic mass is 10.1. The fourth-order valence-corrected chi connectivity index (χ4v) is 3.23. The molecule has 0 aliphatic carbocycles. The Hall–Kier alpha value is -2.37. The van der Waals surface area contributed by atoms with Crippen LogP contribution < -0.4 is 10.1 Å². The summed E-state index contributed by atoms with van der Waals surface area (Å²) in [6.45, 7) is 2.43. The van der Waals surface area contributed by atoms with Crippen molar-refractivity contribution in [3.63, 3.8) is 0 Å². The molecule has 3 aromatic rings. The number of rotatable bonds is 7. The molecule has 1 amide bonds. The summed E-state index contributed by atoms with van der Waals surface area (Å²) in [4.78, 5) is 16.5. The van der Waals surface area contributed by atoms with Crippen molar-refractivity contribution in [2.45, 2.75) is 19.8 Å². The highest BCUT2D eigenvalue weighted by Crippen LogP contribution is 2.24. The Labute approximate surface area is 161 Å². The standard InChI is InChI=1S/C20H19ClN2O2S/c1-14-22-18(13-26-14)15-8-10-16(11-9-15)23-20(24)7-4-12-25-19-6-3-2-5-17(19)21/h2-3,5-6,8-11,13H,4,7,12H2,1H3,(H,23,24). The zero-order valence-electron chi connectivity index (χ0n) is 14.4. The molecular weight excluding hydrogens is 368 g/mol. The number of amides is 1. The Kier molecular flexibility index (Phi) is 6.26. The third-order valence-corrected chi connectivity index (χ3v) is 4.81. The van der Waals surface area contributed by atoms with E-state index in [1.165, 1.54) is 0 Å². The van der Waals surface area contributed by atoms with Crippen LogP contribution in [0.25, 0.3) is 11.3 Å². The number of thiazole rings is 1. The average Bonchev–Trinajstić information content (AvgIpc) is 3.07. The first-order valence-electron chi connectivity index (χ1n) is 8.31. The molecule has 0 saturated heterocycles. The largest absolute Gasteiger partial charge is 0.492 e. The van der Waals surface area contributed by atoms with E-state index in [1.54, 1.807) is 17.4 Å². The maximum Gasteiger partial charge on any atom is 0.224 e. The van der Waals surface area contributed by atoms with Crippen molar-refractivity contribution >= 4 is 34.5 Å². The van der Waals surface area contributed by atoms with E-state index in [0.717, 1.165) is 22.0 Å². The molecule has 134 valence electrons. The first-order chi connectivity index (χ1) is 12.6. The summed E-state index contributed by atoms with van der Waals surface area (Å²) >= 11 is 7.65. The van der Waals surface area contributed by atoms with Gasteiger partial charge in [0.2, 0.25) is 5.91 Å². The SMILES string of the molecule is Cc1nc(-c2ccc(NC(=O)CCCOc3ccccc3Cl)cc2)cs1. The predicted octanol–water partition coefficient (Wildman–Crippen LogP) is 5.57. The topological polar surface area (TPSA) is 51.2 Å². The van der Waals surface area contributed by atoms with E-state index in [-0.39, 0.29) is 5.91 Å². The summed E-state index contributed by atoms with van der Waals surface area (Å²) in [5.74, 6) is 0.604. The number of nitrogens with zero attached hydrogens (tertiary/aromatic N) is 1. The van der Waals surface area contributed by atoms with E-state index in [9.17, 15) is 4.79 Å². The number of ether oxygens (including phenoxy) is 1. The maximum absolute atomic E-state index is 12.0. The molecule has 0 unspecified atom stereocenters. The second kappa shape index (κ2) is 8.83. The third-order valence-electron chi connectivity index (χ3n) is 3.73. The number of nitrogens with one attached hydrogen (secondary N) is 1. The zero-order valence-corrected chi connectivity index (χ0v) is 15.9. The van der Waals surface area contributed by atoms with Gasteiger partial charge in [-0.05, 0) is 37.6 Å². The van der Waals surface area contributed by atoms with E-state index in [2.05, 4.69) is 10.3 Å². The maximum atomic E-state index is 12.0. The minimum absolute atomic E-state index is 0.0370. The first kappa shape index (κ1) is 18.4. The summed E-state index contributed by atoms with van der Waals surface area (Å²) < 4.78 is 5.59. The van der Waals surface area contributed by atoms with Crippen LogP contribution in [0, 0.1) is 6.92 Å². The minimum Gasteiger partial charge on any atom is -0.492 e. The van der Waals surface area contributed by atoms with E-state index < -0.39 is 0 Å². The van der Waals surface area contributed by atoms with Gasteiger partial charge in [-0.2, -0.15) is 0 Å². The van der Waals surface area contributed by atoms with E-state index in [4.69, 9.17) is 16.3 Å². The van der Waals surface area contributed by atoms with Gasteiger partial charge in [0, 0.05) is 23.1 Å². The molecule has 4 nitrogen and oxygen atoms in total. The molecule has 6 heteroatoms. The first-order valence-corrected chi connectivity index (χ1v) is 9.57. The monoisotopic (exact) mass is 386 g/mol. The number of halogens is 1. The van der Waals surface area contributed by atoms with Gasteiger partial charge in [0.05, 0.1) is 22.3 Å². The number of carbonyl (C=O) groups excluding carboxylic acids is 1. The van der Waals surface area contributed by atoms with E-state index >= 15 is 0 Å². The Balaban J connectivity index is 1.44. The Bertz CT molecular complexity index is 878. The van der Waals surface area contributed by atoms with Gasteiger partial charge in [0.15, 0.2) is 0 Å². The highest BCUT2D eigenvalue weighted by Gasteiger charge is 2.06. The van der Waals surface area contributed by atoms with Crippen LogP contribution in [0.5, 0.6) is 5.75 Å². The van der Waals surface area contributed by atoms with Crippen molar-refractivity contribution < 1.29 is 9.53 Å². The van der Waals surface area contributed by atoms with Crippen LogP contribution in [0.1, 0.15) is 17.8 Å². The van der Waals surface area contributed by atoms with Crippen molar-refractivity contribution in [2.24, 2.45) is 0 Å². The number of aromatic nitrogens is 1. The number of hydrogen-bond donors (Lipinski definition) is 1. The van der Waals surface area contributed by atoms with Gasteiger partial charge in [-0.25, -0.2) is 4.98 Å². The number of benzene rings is 2. The minimum atomic E-state index is -0.0370. The van der Waals surface area contributed by atoms with Crippen molar-refractivity contribution in [3.8, 4) is 17.0 Å². The summed E-state index contributed by atoms with van der Waals surface area (Å²) in [5, 5.41) is 6.54. The fourth-order valence-electron chi connectivity index (χ4n) is 2.42. The molecule has 2 aromatic carbocycles. The average molecular weight is 387 g/mol. The van der Waals surface area contributed by atoms with Crippen LogP contribution in [0.4, 0.5) is 5.69 Å². The smallest absolute Gasteiger partial charge is 0.224 e. The molecule has 0 spiro atoms. The number of anilines is 1. The normalized spacial score (nSPS) is 10.5. The molecule has 1 aromatic heterocycles. The summed E-state index contributed by atoms with van der Waals surface area (Å²) in [6, 6.07) is 15.0. The van der Waals surface area contributed by atoms with Crippen molar-refractivity contribution in [3.05, 3.63) is 63.9 Å². The molecule has 26 heavy (non-hydrogen) atoms. The third kappa shape index (κ3) is 5.07. The highest BCUT2D eigenvalue weighted by molar-refractivity contribution is 7.09. The molecule has 1 N–H and O–H groups in total. The van der Waals surface area contributed by atoms with Gasteiger partial charge in [-0.1, -0.05) is 35.9 Å². The van der Waals surface area contributed by atoms with Gasteiger partial charge in [0.25, 0.3) is 0 Å². The molecule has 0 fully saturated rings. The summed E-state index contributed by atoms with van der Waals surface area (Å²) in [7, 11) is 0. The second-order valence-corrected chi connectivity index (χ2v) is 7.23. The Morgan fingerprint density at radius 1 is 1.19 bits per heavy atom. The van der Waals surface area contributed by atoms with Crippen LogP contribution in [0.3, 0.4) is 0 Å². The summed E-state index contributed by atoms with van der Waals surface area (Å²) in [5.41, 5.74) is 2.78. The molecule has 0 radical (unpaired) electrons. The number of hydrogen-bond acceptors (Lipinski definition) is 4. The molecule has 0 aliphatic rings. The highest BCUT2D eigenvalue weighted by atomic mass is 35.5. The van der Waals surface area contributed by atoms with Gasteiger partial charge in [-0.3, -0.25) is 4.79 Å². The van der Waals surface area contributed by atoms with Crippen molar-refractivity contribution in [2.75, 3.05) is 11.9 Å². The molecule has 0 saturated carbocycles. The van der Waals surface area contributed by atoms with Gasteiger partial charge < -0.3 is 10.1 Å². The van der Waals surface area contributed by atoms with Crippen LogP contribution in [0.2, 0.25) is 5.02 Å². The van der Waals surface area contributed by atoms with Crippen LogP contribution in [-0.2, 0) is 4.79 Å². The van der Waals surface area contributed by atoms with Crippen LogP contribution in [-0.4, -0.2) is 17.5 Å². The lowest BCUT2D eigenvalue weighted by molar-refractivity contribution is -0.116. The van der Waals surface area contributed by atoms with E-state index in [1.807, 2.05) is 54.8 Å². The lowest BCUT2D eigenvalue weighted by Crippen LogP contribution is -2.12. The molecule has 0 aliphatic heterocycles. The number of para-hydroxylation sites is 1. The lowest BCUT2D eigenvalue weighted by Gasteiger charge is -2.08. The van der Waals surface area contributed by atoms with Gasteiger partial charge in [0.1, 0.15) is 5.75 Å². The number of carbonyl (C=O) groups is 1. The number of aryl methyl sites for hydroxylation is 1. The zero-order chi connectivity index (χ0) is 18.4. The second-order valence-electron chi connectivity index (χ2n) is 5.76. The van der Waals surface area contributed by atoms with Crippen LogP contribution >= 0.6 is 22.9 Å². The molecular formula is C20H19ClN2O2S. The Morgan fingerprint density at radius 2 is 1.96 bits per heavy atom. The Morgan fingerprint density at radius 3 is 2.65 bits per heavy atom. The molecule has 0 atom stereocenters. The quantitative estimate of drug-likeness (QED) is 0.540. The van der Waals surface area contributed by atoms with Gasteiger partial charge >= 0.3 is 0 Å². The fraction of sp³-hybridized carbons (Fsp3) is 0.200.